The van der Waals surface area contributed by atoms with Crippen molar-refractivity contribution in [2.75, 3.05) is 26.2 Å². The standard InChI is InChI=1S/C37H69NO6/c1-2-3-4-5-6-7-8-9-10-11-12-13-14-15-16-17-18-19-20-24-31-38(32-25-21-28-35(39)40,33-26-22-29-36(41)42)34-27-23-30-37(43)44/h12-13H,2-11,14-34H2,1H3,(H2-,39,40,41,42,43,44)/p+1/b13-12+. The van der Waals surface area contributed by atoms with Crippen LogP contribution in [0.1, 0.15) is 180 Å². The third-order valence-electron chi connectivity index (χ3n) is 8.96. The molecule has 0 spiro atoms. The van der Waals surface area contributed by atoms with Gasteiger partial charge in [-0.3, -0.25) is 14.4 Å². The van der Waals surface area contributed by atoms with Gasteiger partial charge < -0.3 is 19.8 Å². The van der Waals surface area contributed by atoms with Gasteiger partial charge in [0.15, 0.2) is 0 Å². The minimum absolute atomic E-state index is 0.174. The van der Waals surface area contributed by atoms with E-state index in [9.17, 15) is 14.4 Å². The molecule has 258 valence electrons. The van der Waals surface area contributed by atoms with Crippen molar-refractivity contribution < 1.29 is 34.2 Å². The zero-order valence-electron chi connectivity index (χ0n) is 28.6. The van der Waals surface area contributed by atoms with Gasteiger partial charge in [-0.25, -0.2) is 0 Å². The van der Waals surface area contributed by atoms with Crippen LogP contribution in [0.2, 0.25) is 0 Å². The zero-order valence-corrected chi connectivity index (χ0v) is 28.6. The van der Waals surface area contributed by atoms with Gasteiger partial charge in [0.25, 0.3) is 0 Å². The van der Waals surface area contributed by atoms with E-state index in [1.54, 1.807) is 0 Å². The van der Waals surface area contributed by atoms with Crippen LogP contribution < -0.4 is 0 Å². The Morgan fingerprint density at radius 2 is 0.682 bits per heavy atom. The van der Waals surface area contributed by atoms with Gasteiger partial charge in [0.2, 0.25) is 0 Å². The maximum absolute atomic E-state index is 11.0. The van der Waals surface area contributed by atoms with Crippen molar-refractivity contribution in [3.63, 3.8) is 0 Å². The summed E-state index contributed by atoms with van der Waals surface area (Å²) in [5.41, 5.74) is 0. The van der Waals surface area contributed by atoms with Gasteiger partial charge in [0, 0.05) is 19.3 Å². The highest BCUT2D eigenvalue weighted by Gasteiger charge is 2.26. The van der Waals surface area contributed by atoms with Crippen molar-refractivity contribution in [1.29, 1.82) is 0 Å². The SMILES string of the molecule is CCCCCCCCCCC/C=C/CCCCCCCCC[N+](CCCCC(=O)O)(CCCCC(=O)O)CCCCC(=O)O. The molecule has 7 heteroatoms. The topological polar surface area (TPSA) is 112 Å². The quantitative estimate of drug-likeness (QED) is 0.0367. The van der Waals surface area contributed by atoms with E-state index in [1.807, 2.05) is 0 Å². The van der Waals surface area contributed by atoms with Crippen molar-refractivity contribution in [2.45, 2.75) is 180 Å². The van der Waals surface area contributed by atoms with E-state index in [4.69, 9.17) is 15.3 Å². The van der Waals surface area contributed by atoms with E-state index in [0.29, 0.717) is 19.3 Å². The average molecular weight is 625 g/mol. The van der Waals surface area contributed by atoms with E-state index in [1.165, 1.54) is 109 Å². The van der Waals surface area contributed by atoms with Crippen LogP contribution in [0.3, 0.4) is 0 Å². The number of hydrogen-bond acceptors (Lipinski definition) is 3. The first-order valence-corrected chi connectivity index (χ1v) is 18.5. The molecule has 0 heterocycles. The van der Waals surface area contributed by atoms with Crippen LogP contribution in [0.5, 0.6) is 0 Å². The fourth-order valence-electron chi connectivity index (χ4n) is 6.24. The monoisotopic (exact) mass is 625 g/mol. The van der Waals surface area contributed by atoms with Crippen LogP contribution in [0.4, 0.5) is 0 Å². The highest BCUT2D eigenvalue weighted by molar-refractivity contribution is 5.67. The first-order valence-electron chi connectivity index (χ1n) is 18.5. The number of aliphatic carboxylic acids is 3. The summed E-state index contributed by atoms with van der Waals surface area (Å²) in [6, 6.07) is 0. The molecule has 0 fully saturated rings. The van der Waals surface area contributed by atoms with Crippen LogP contribution in [-0.4, -0.2) is 63.9 Å². The number of carboxylic acids is 3. The lowest BCUT2D eigenvalue weighted by Crippen LogP contribution is -2.51. The normalized spacial score (nSPS) is 11.8. The second-order valence-electron chi connectivity index (χ2n) is 13.1. The van der Waals surface area contributed by atoms with Crippen LogP contribution in [-0.2, 0) is 14.4 Å². The maximum atomic E-state index is 11.0. The first kappa shape index (κ1) is 42.1. The Morgan fingerprint density at radius 3 is 1.00 bits per heavy atom. The maximum Gasteiger partial charge on any atom is 0.303 e. The average Bonchev–Trinajstić information content (AvgIpc) is 2.98. The molecule has 0 amide bonds. The summed E-state index contributed by atoms with van der Waals surface area (Å²) in [6.45, 7) is 5.95. The molecule has 0 aliphatic carbocycles. The van der Waals surface area contributed by atoms with Crippen LogP contribution in [0.15, 0.2) is 12.2 Å². The number of allylic oxidation sites excluding steroid dienone is 2. The Hall–Kier alpha value is -1.89. The lowest BCUT2D eigenvalue weighted by Gasteiger charge is -2.39. The van der Waals surface area contributed by atoms with Crippen molar-refractivity contribution in [2.24, 2.45) is 0 Å². The second-order valence-corrected chi connectivity index (χ2v) is 13.1. The molecule has 0 aromatic rings. The van der Waals surface area contributed by atoms with E-state index in [0.717, 1.165) is 56.3 Å². The molecule has 44 heavy (non-hydrogen) atoms. The summed E-state index contributed by atoms with van der Waals surface area (Å²) >= 11 is 0. The van der Waals surface area contributed by atoms with Crippen LogP contribution >= 0.6 is 0 Å². The number of carbonyl (C=O) groups is 3. The minimum Gasteiger partial charge on any atom is -0.481 e. The van der Waals surface area contributed by atoms with E-state index >= 15 is 0 Å². The molecule has 0 aromatic heterocycles. The lowest BCUT2D eigenvalue weighted by atomic mass is 10.0. The Bertz CT molecular complexity index is 668. The van der Waals surface area contributed by atoms with Gasteiger partial charge in [-0.15, -0.1) is 0 Å². The van der Waals surface area contributed by atoms with Gasteiger partial charge in [0.1, 0.15) is 0 Å². The molecule has 0 aromatic carbocycles. The Balaban J connectivity index is 4.27. The summed E-state index contributed by atoms with van der Waals surface area (Å²) in [5, 5.41) is 27.2. The molecule has 0 radical (unpaired) electrons. The smallest absolute Gasteiger partial charge is 0.303 e. The molecular weight excluding hydrogens is 554 g/mol. The van der Waals surface area contributed by atoms with E-state index in [-0.39, 0.29) is 19.3 Å². The molecule has 0 saturated carbocycles. The summed E-state index contributed by atoms with van der Waals surface area (Å²) < 4.78 is 0.865. The lowest BCUT2D eigenvalue weighted by molar-refractivity contribution is -0.929. The first-order chi connectivity index (χ1) is 21.3. The Morgan fingerprint density at radius 1 is 0.409 bits per heavy atom. The number of quaternary nitrogens is 1. The zero-order chi connectivity index (χ0) is 32.6. The Kier molecular flexibility index (Phi) is 29.8. The highest BCUT2D eigenvalue weighted by Crippen LogP contribution is 2.20. The molecule has 3 N–H and O–H groups in total. The largest absolute Gasteiger partial charge is 0.481 e. The summed E-state index contributed by atoms with van der Waals surface area (Å²) in [5.74, 6) is -2.30. The number of nitrogens with zero attached hydrogens (tertiary/aromatic N) is 1. The minimum atomic E-state index is -0.767. The molecular formula is C37H70NO6+. The van der Waals surface area contributed by atoms with E-state index in [2.05, 4.69) is 19.1 Å². The molecule has 0 rings (SSSR count). The molecule has 0 aliphatic rings. The van der Waals surface area contributed by atoms with Crippen molar-refractivity contribution in [3.05, 3.63) is 12.2 Å². The van der Waals surface area contributed by atoms with Crippen molar-refractivity contribution >= 4 is 17.9 Å². The molecule has 0 bridgehead atoms. The summed E-state index contributed by atoms with van der Waals surface area (Å²) in [4.78, 5) is 33.1. The van der Waals surface area contributed by atoms with Crippen molar-refractivity contribution in [1.82, 2.24) is 0 Å². The number of unbranched alkanes of at least 4 members (excludes halogenated alkanes) is 19. The molecule has 0 unspecified atom stereocenters. The third kappa shape index (κ3) is 30.1. The van der Waals surface area contributed by atoms with Crippen molar-refractivity contribution in [3.8, 4) is 0 Å². The van der Waals surface area contributed by atoms with Gasteiger partial charge in [0.05, 0.1) is 26.2 Å². The third-order valence-corrected chi connectivity index (χ3v) is 8.96. The van der Waals surface area contributed by atoms with Gasteiger partial charge in [-0.05, 0) is 77.0 Å². The number of carboxylic acid groups (broad SMARTS) is 3. The van der Waals surface area contributed by atoms with Gasteiger partial charge >= 0.3 is 17.9 Å². The van der Waals surface area contributed by atoms with E-state index < -0.39 is 17.9 Å². The predicted octanol–water partition coefficient (Wildman–Crippen LogP) is 10.2. The summed E-state index contributed by atoms with van der Waals surface area (Å²) in [7, 11) is 0. The molecule has 0 aliphatic heterocycles. The second kappa shape index (κ2) is 31.1. The van der Waals surface area contributed by atoms with Gasteiger partial charge in [-0.2, -0.15) is 0 Å². The molecule has 7 nitrogen and oxygen atoms in total. The fourth-order valence-corrected chi connectivity index (χ4v) is 6.24. The summed E-state index contributed by atoms with van der Waals surface area (Å²) in [6.07, 6.45) is 33.3. The van der Waals surface area contributed by atoms with Gasteiger partial charge in [-0.1, -0.05) is 96.1 Å². The fraction of sp³-hybridized carbons (Fsp3) is 0.865. The highest BCUT2D eigenvalue weighted by atomic mass is 16.4. The van der Waals surface area contributed by atoms with Crippen LogP contribution in [0, 0.1) is 0 Å². The molecule has 0 saturated heterocycles. The molecule has 0 atom stereocenters. The number of rotatable bonds is 35. The van der Waals surface area contributed by atoms with Crippen LogP contribution in [0.25, 0.3) is 0 Å². The number of hydrogen-bond donors (Lipinski definition) is 3. The predicted molar refractivity (Wildman–Crippen MR) is 182 cm³/mol. The Labute approximate surface area is 270 Å².